The van der Waals surface area contributed by atoms with Crippen LogP contribution in [0.15, 0.2) is 24.3 Å². The van der Waals surface area contributed by atoms with Crippen molar-refractivity contribution in [2.24, 2.45) is 0 Å². The number of ether oxygens (including phenoxy) is 1. The lowest BCUT2D eigenvalue weighted by Gasteiger charge is -2.36. The molecule has 1 aliphatic rings. The van der Waals surface area contributed by atoms with Crippen LogP contribution in [0.4, 0.5) is 0 Å². The average molecular weight is 233 g/mol. The molecule has 0 bridgehead atoms. The standard InChI is InChI=1S/C15H23NO/c1-3-10-16-11-5-4-9-15(16)13-7-6-8-14(12-13)17-2/h6-8,12,15H,3-5,9-11H2,1-2H3. The number of likely N-dealkylation sites (tertiary alicyclic amines) is 1. The molecule has 17 heavy (non-hydrogen) atoms. The normalized spacial score (nSPS) is 21.4. The number of piperidine rings is 1. The molecule has 1 atom stereocenters. The van der Waals surface area contributed by atoms with E-state index in [2.05, 4.69) is 30.0 Å². The molecule has 0 aromatic heterocycles. The quantitative estimate of drug-likeness (QED) is 0.787. The lowest BCUT2D eigenvalue weighted by molar-refractivity contribution is 0.149. The molecule has 0 saturated carbocycles. The lowest BCUT2D eigenvalue weighted by Crippen LogP contribution is -2.33. The predicted octanol–water partition coefficient (Wildman–Crippen LogP) is 3.63. The van der Waals surface area contributed by atoms with Gasteiger partial charge in [-0.05, 0) is 50.0 Å². The van der Waals surface area contributed by atoms with Gasteiger partial charge in [-0.3, -0.25) is 4.90 Å². The van der Waals surface area contributed by atoms with Crippen LogP contribution in [0.2, 0.25) is 0 Å². The molecule has 0 spiro atoms. The van der Waals surface area contributed by atoms with Gasteiger partial charge in [-0.1, -0.05) is 25.5 Å². The molecule has 0 N–H and O–H groups in total. The minimum atomic E-state index is 0.596. The van der Waals surface area contributed by atoms with Crippen molar-refractivity contribution >= 4 is 0 Å². The van der Waals surface area contributed by atoms with Crippen molar-refractivity contribution in [3.8, 4) is 5.75 Å². The molecule has 1 aliphatic heterocycles. The number of nitrogens with zero attached hydrogens (tertiary/aromatic N) is 1. The number of methoxy groups -OCH3 is 1. The second-order valence-electron chi connectivity index (χ2n) is 4.82. The largest absolute Gasteiger partial charge is 0.497 e. The van der Waals surface area contributed by atoms with Crippen molar-refractivity contribution < 1.29 is 4.74 Å². The van der Waals surface area contributed by atoms with Gasteiger partial charge in [-0.2, -0.15) is 0 Å². The van der Waals surface area contributed by atoms with E-state index in [1.165, 1.54) is 44.3 Å². The summed E-state index contributed by atoms with van der Waals surface area (Å²) in [7, 11) is 1.74. The van der Waals surface area contributed by atoms with Crippen LogP contribution in [-0.4, -0.2) is 25.1 Å². The van der Waals surface area contributed by atoms with Crippen LogP contribution in [0.3, 0.4) is 0 Å². The Kier molecular flexibility index (Phi) is 4.43. The summed E-state index contributed by atoms with van der Waals surface area (Å²) < 4.78 is 5.32. The molecule has 1 saturated heterocycles. The van der Waals surface area contributed by atoms with E-state index >= 15 is 0 Å². The van der Waals surface area contributed by atoms with Crippen molar-refractivity contribution in [2.45, 2.75) is 38.6 Å². The number of hydrogen-bond donors (Lipinski definition) is 0. The van der Waals surface area contributed by atoms with Crippen LogP contribution in [0.1, 0.15) is 44.2 Å². The molecule has 2 heteroatoms. The van der Waals surface area contributed by atoms with Gasteiger partial charge in [-0.25, -0.2) is 0 Å². The summed E-state index contributed by atoms with van der Waals surface area (Å²) in [4.78, 5) is 2.62. The third-order valence-corrected chi connectivity index (χ3v) is 3.60. The van der Waals surface area contributed by atoms with Crippen molar-refractivity contribution in [1.82, 2.24) is 4.90 Å². The van der Waals surface area contributed by atoms with Crippen molar-refractivity contribution in [3.05, 3.63) is 29.8 Å². The molecule has 1 aromatic carbocycles. The van der Waals surface area contributed by atoms with Gasteiger partial charge >= 0.3 is 0 Å². The third kappa shape index (κ3) is 3.01. The van der Waals surface area contributed by atoms with E-state index in [0.717, 1.165) is 5.75 Å². The first-order valence-electron chi connectivity index (χ1n) is 6.73. The molecule has 0 aliphatic carbocycles. The highest BCUT2D eigenvalue weighted by molar-refractivity contribution is 5.30. The maximum Gasteiger partial charge on any atom is 0.119 e. The summed E-state index contributed by atoms with van der Waals surface area (Å²) in [5, 5.41) is 0. The van der Waals surface area contributed by atoms with Crippen LogP contribution >= 0.6 is 0 Å². The van der Waals surface area contributed by atoms with E-state index in [1.54, 1.807) is 7.11 Å². The first-order chi connectivity index (χ1) is 8.35. The SMILES string of the molecule is CCCN1CCCCC1c1cccc(OC)c1. The monoisotopic (exact) mass is 233 g/mol. The van der Waals surface area contributed by atoms with Crippen LogP contribution in [0.25, 0.3) is 0 Å². The smallest absolute Gasteiger partial charge is 0.119 e. The third-order valence-electron chi connectivity index (χ3n) is 3.60. The number of benzene rings is 1. The first kappa shape index (κ1) is 12.4. The van der Waals surface area contributed by atoms with E-state index in [-0.39, 0.29) is 0 Å². The van der Waals surface area contributed by atoms with Crippen LogP contribution in [0.5, 0.6) is 5.75 Å². The second kappa shape index (κ2) is 6.06. The maximum absolute atomic E-state index is 5.32. The van der Waals surface area contributed by atoms with Gasteiger partial charge in [0.25, 0.3) is 0 Å². The fraction of sp³-hybridized carbons (Fsp3) is 0.600. The summed E-state index contributed by atoms with van der Waals surface area (Å²) >= 11 is 0. The Hall–Kier alpha value is -1.02. The van der Waals surface area contributed by atoms with Gasteiger partial charge in [0.15, 0.2) is 0 Å². The molecule has 1 heterocycles. The van der Waals surface area contributed by atoms with E-state index in [1.807, 2.05) is 6.07 Å². The number of rotatable bonds is 4. The fourth-order valence-electron chi connectivity index (χ4n) is 2.77. The molecule has 2 rings (SSSR count). The van der Waals surface area contributed by atoms with Crippen molar-refractivity contribution in [3.63, 3.8) is 0 Å². The summed E-state index contributed by atoms with van der Waals surface area (Å²) in [6, 6.07) is 9.15. The molecule has 1 fully saturated rings. The highest BCUT2D eigenvalue weighted by Gasteiger charge is 2.23. The Morgan fingerprint density at radius 2 is 2.24 bits per heavy atom. The van der Waals surface area contributed by atoms with Gasteiger partial charge in [0.05, 0.1) is 7.11 Å². The maximum atomic E-state index is 5.32. The van der Waals surface area contributed by atoms with Crippen LogP contribution in [-0.2, 0) is 0 Å². The van der Waals surface area contributed by atoms with Gasteiger partial charge in [-0.15, -0.1) is 0 Å². The summed E-state index contributed by atoms with van der Waals surface area (Å²) in [6.45, 7) is 4.72. The Morgan fingerprint density at radius 3 is 3.00 bits per heavy atom. The summed E-state index contributed by atoms with van der Waals surface area (Å²) in [5.74, 6) is 0.976. The molecule has 1 unspecified atom stereocenters. The minimum absolute atomic E-state index is 0.596. The van der Waals surface area contributed by atoms with Crippen molar-refractivity contribution in [2.75, 3.05) is 20.2 Å². The summed E-state index contributed by atoms with van der Waals surface area (Å²) in [5.41, 5.74) is 1.41. The zero-order valence-corrected chi connectivity index (χ0v) is 11.0. The molecular weight excluding hydrogens is 210 g/mol. The minimum Gasteiger partial charge on any atom is -0.497 e. The zero-order chi connectivity index (χ0) is 12.1. The van der Waals surface area contributed by atoms with E-state index in [9.17, 15) is 0 Å². The lowest BCUT2D eigenvalue weighted by atomic mass is 9.95. The van der Waals surface area contributed by atoms with Gasteiger partial charge in [0.1, 0.15) is 5.75 Å². The Labute approximate surface area is 105 Å². The Bertz CT molecular complexity index is 349. The second-order valence-corrected chi connectivity index (χ2v) is 4.82. The van der Waals surface area contributed by atoms with Crippen LogP contribution in [0, 0.1) is 0 Å². The average Bonchev–Trinajstić information content (AvgIpc) is 2.40. The number of hydrogen-bond acceptors (Lipinski definition) is 2. The molecular formula is C15H23NO. The van der Waals surface area contributed by atoms with E-state index < -0.39 is 0 Å². The van der Waals surface area contributed by atoms with Crippen molar-refractivity contribution in [1.29, 1.82) is 0 Å². The molecule has 2 nitrogen and oxygen atoms in total. The first-order valence-corrected chi connectivity index (χ1v) is 6.73. The van der Waals surface area contributed by atoms with Gasteiger partial charge in [0.2, 0.25) is 0 Å². The molecule has 0 amide bonds. The molecule has 1 aromatic rings. The molecule has 0 radical (unpaired) electrons. The van der Waals surface area contributed by atoms with Crippen LogP contribution < -0.4 is 4.74 Å². The summed E-state index contributed by atoms with van der Waals surface area (Å²) in [6.07, 6.45) is 5.22. The topological polar surface area (TPSA) is 12.5 Å². The molecule has 94 valence electrons. The fourth-order valence-corrected chi connectivity index (χ4v) is 2.77. The highest BCUT2D eigenvalue weighted by atomic mass is 16.5. The predicted molar refractivity (Wildman–Crippen MR) is 71.5 cm³/mol. The van der Waals surface area contributed by atoms with E-state index in [4.69, 9.17) is 4.74 Å². The Morgan fingerprint density at radius 1 is 1.35 bits per heavy atom. The van der Waals surface area contributed by atoms with Gasteiger partial charge in [0, 0.05) is 6.04 Å². The Balaban J connectivity index is 2.16. The van der Waals surface area contributed by atoms with E-state index in [0.29, 0.717) is 6.04 Å². The van der Waals surface area contributed by atoms with Gasteiger partial charge < -0.3 is 4.74 Å². The highest BCUT2D eigenvalue weighted by Crippen LogP contribution is 2.32. The zero-order valence-electron chi connectivity index (χ0n) is 11.0.